The van der Waals surface area contributed by atoms with E-state index in [1.165, 1.54) is 21.3 Å². The van der Waals surface area contributed by atoms with Crippen molar-refractivity contribution in [3.8, 4) is 11.4 Å². The highest BCUT2D eigenvalue weighted by Gasteiger charge is 2.54. The fourth-order valence-electron chi connectivity index (χ4n) is 3.38. The molecule has 1 aromatic heterocycles. The Morgan fingerprint density at radius 3 is 2.44 bits per heavy atom. The molecule has 0 unspecified atom stereocenters. The largest absolute Gasteiger partial charge is 0.497 e. The van der Waals surface area contributed by atoms with Crippen molar-refractivity contribution in [2.45, 2.75) is 18.6 Å². The van der Waals surface area contributed by atoms with E-state index in [2.05, 4.69) is 0 Å². The molecule has 1 aliphatic heterocycles. The first kappa shape index (κ1) is 17.5. The van der Waals surface area contributed by atoms with Crippen LogP contribution in [0.4, 0.5) is 8.78 Å². The molecule has 0 spiro atoms. The van der Waals surface area contributed by atoms with Gasteiger partial charge in [0, 0.05) is 24.0 Å². The molecule has 0 saturated carbocycles. The summed E-state index contributed by atoms with van der Waals surface area (Å²) < 4.78 is 41.2. The zero-order chi connectivity index (χ0) is 19.2. The van der Waals surface area contributed by atoms with Crippen LogP contribution in [-0.4, -0.2) is 22.9 Å². The van der Waals surface area contributed by atoms with Gasteiger partial charge in [0.25, 0.3) is 0 Å². The molecule has 3 aromatic rings. The van der Waals surface area contributed by atoms with Gasteiger partial charge in [0.15, 0.2) is 0 Å². The SMILES string of the molecule is COc1ccc(-n2ccn([C@H](C)[C@@]3(c4ccc(F)cc4F)CO3)c2=O)cc1. The molecule has 1 fully saturated rings. The Morgan fingerprint density at radius 1 is 1.15 bits per heavy atom. The molecule has 2 aromatic carbocycles. The summed E-state index contributed by atoms with van der Waals surface area (Å²) in [4.78, 5) is 12.9. The molecule has 7 heteroatoms. The van der Waals surface area contributed by atoms with Gasteiger partial charge in [-0.1, -0.05) is 6.07 Å². The number of benzene rings is 2. The van der Waals surface area contributed by atoms with Gasteiger partial charge in [-0.05, 0) is 37.3 Å². The fourth-order valence-corrected chi connectivity index (χ4v) is 3.38. The Labute approximate surface area is 154 Å². The van der Waals surface area contributed by atoms with Gasteiger partial charge < -0.3 is 9.47 Å². The summed E-state index contributed by atoms with van der Waals surface area (Å²) in [7, 11) is 1.57. The number of imidazole rings is 1. The molecular weight excluding hydrogens is 354 g/mol. The van der Waals surface area contributed by atoms with Crippen molar-refractivity contribution >= 4 is 0 Å². The molecular formula is C20H18F2N2O3. The van der Waals surface area contributed by atoms with E-state index in [1.807, 2.05) is 0 Å². The molecule has 0 aliphatic carbocycles. The number of hydrogen-bond donors (Lipinski definition) is 0. The first-order valence-electron chi connectivity index (χ1n) is 8.49. The Morgan fingerprint density at radius 2 is 1.85 bits per heavy atom. The molecule has 140 valence electrons. The minimum absolute atomic E-state index is 0.250. The topological polar surface area (TPSA) is 48.7 Å². The van der Waals surface area contributed by atoms with E-state index < -0.39 is 23.3 Å². The summed E-state index contributed by atoms with van der Waals surface area (Å²) in [5.41, 5.74) is -0.315. The third-order valence-corrected chi connectivity index (χ3v) is 5.09. The van der Waals surface area contributed by atoms with Gasteiger partial charge in [-0.3, -0.25) is 9.13 Å². The standard InChI is InChI=1S/C20H18F2N2O3/c1-13(20(12-27-20)17-8-3-14(21)11-18(17)22)23-9-10-24(19(23)25)15-4-6-16(26-2)7-5-15/h3-11,13H,12H2,1-2H3/t13-,20-/m1/s1. The van der Waals surface area contributed by atoms with Gasteiger partial charge in [0.1, 0.15) is 23.0 Å². The summed E-state index contributed by atoms with van der Waals surface area (Å²) in [6.45, 7) is 2.05. The Bertz CT molecular complexity index is 1040. The van der Waals surface area contributed by atoms with Crippen LogP contribution in [0.25, 0.3) is 5.69 Å². The Balaban J connectivity index is 1.69. The minimum Gasteiger partial charge on any atom is -0.497 e. The van der Waals surface area contributed by atoms with Crippen LogP contribution in [0.15, 0.2) is 59.7 Å². The van der Waals surface area contributed by atoms with Gasteiger partial charge in [-0.25, -0.2) is 13.6 Å². The average Bonchev–Trinajstić information content (AvgIpc) is 3.38. The van der Waals surface area contributed by atoms with Crippen LogP contribution in [0.1, 0.15) is 18.5 Å². The summed E-state index contributed by atoms with van der Waals surface area (Å²) in [5, 5.41) is 0. The second-order valence-electron chi connectivity index (χ2n) is 6.53. The van der Waals surface area contributed by atoms with E-state index in [1.54, 1.807) is 50.7 Å². The average molecular weight is 372 g/mol. The maximum Gasteiger partial charge on any atom is 0.333 e. The predicted octanol–water partition coefficient (Wildman–Crippen LogP) is 3.41. The molecule has 2 heterocycles. The van der Waals surface area contributed by atoms with Crippen molar-refractivity contribution in [1.82, 2.24) is 9.13 Å². The van der Waals surface area contributed by atoms with E-state index in [-0.39, 0.29) is 17.9 Å². The normalized spacial score (nSPS) is 19.7. The maximum atomic E-state index is 14.3. The van der Waals surface area contributed by atoms with E-state index in [9.17, 15) is 13.6 Å². The van der Waals surface area contributed by atoms with Crippen molar-refractivity contribution in [2.75, 3.05) is 13.7 Å². The van der Waals surface area contributed by atoms with Crippen LogP contribution in [0.2, 0.25) is 0 Å². The molecule has 0 amide bonds. The first-order valence-corrected chi connectivity index (χ1v) is 8.49. The first-order chi connectivity index (χ1) is 13.0. The van der Waals surface area contributed by atoms with Crippen molar-refractivity contribution in [3.05, 3.63) is 82.5 Å². The molecule has 4 rings (SSSR count). The van der Waals surface area contributed by atoms with Crippen LogP contribution in [0.3, 0.4) is 0 Å². The van der Waals surface area contributed by atoms with E-state index >= 15 is 0 Å². The highest BCUT2D eigenvalue weighted by atomic mass is 19.1. The molecule has 1 saturated heterocycles. The van der Waals surface area contributed by atoms with Crippen molar-refractivity contribution in [1.29, 1.82) is 0 Å². The van der Waals surface area contributed by atoms with Gasteiger partial charge in [-0.15, -0.1) is 0 Å². The smallest absolute Gasteiger partial charge is 0.333 e. The van der Waals surface area contributed by atoms with Crippen molar-refractivity contribution in [3.63, 3.8) is 0 Å². The van der Waals surface area contributed by atoms with Crippen LogP contribution < -0.4 is 10.4 Å². The number of hydrogen-bond acceptors (Lipinski definition) is 3. The quantitative estimate of drug-likeness (QED) is 0.645. The van der Waals surface area contributed by atoms with E-state index in [0.717, 1.165) is 6.07 Å². The third kappa shape index (κ3) is 2.84. The van der Waals surface area contributed by atoms with Gasteiger partial charge >= 0.3 is 5.69 Å². The lowest BCUT2D eigenvalue weighted by molar-refractivity contribution is 0.222. The Kier molecular flexibility index (Phi) is 4.11. The minimum atomic E-state index is -0.978. The van der Waals surface area contributed by atoms with Crippen molar-refractivity contribution < 1.29 is 18.3 Å². The molecule has 2 atom stereocenters. The van der Waals surface area contributed by atoms with Crippen LogP contribution in [0, 0.1) is 11.6 Å². The zero-order valence-corrected chi connectivity index (χ0v) is 14.9. The van der Waals surface area contributed by atoms with Gasteiger partial charge in [-0.2, -0.15) is 0 Å². The number of halogens is 2. The molecule has 1 aliphatic rings. The summed E-state index contributed by atoms with van der Waals surface area (Å²) in [6, 6.07) is 10.0. The maximum absolute atomic E-state index is 14.3. The van der Waals surface area contributed by atoms with Crippen molar-refractivity contribution in [2.24, 2.45) is 0 Å². The lowest BCUT2D eigenvalue weighted by Gasteiger charge is -2.22. The monoisotopic (exact) mass is 372 g/mol. The fraction of sp³-hybridized carbons (Fsp3) is 0.250. The number of ether oxygens (including phenoxy) is 2. The van der Waals surface area contributed by atoms with E-state index in [0.29, 0.717) is 11.4 Å². The number of rotatable bonds is 5. The molecule has 0 radical (unpaired) electrons. The van der Waals surface area contributed by atoms with Crippen LogP contribution in [-0.2, 0) is 10.3 Å². The number of nitrogens with zero attached hydrogens (tertiary/aromatic N) is 2. The third-order valence-electron chi connectivity index (χ3n) is 5.09. The van der Waals surface area contributed by atoms with E-state index in [4.69, 9.17) is 9.47 Å². The highest BCUT2D eigenvalue weighted by molar-refractivity contribution is 5.37. The number of aromatic nitrogens is 2. The zero-order valence-electron chi connectivity index (χ0n) is 14.9. The molecule has 27 heavy (non-hydrogen) atoms. The number of methoxy groups -OCH3 is 1. The summed E-state index contributed by atoms with van der Waals surface area (Å²) in [5.74, 6) is -0.638. The van der Waals surface area contributed by atoms with Gasteiger partial charge in [0.2, 0.25) is 0 Å². The highest BCUT2D eigenvalue weighted by Crippen LogP contribution is 2.48. The summed E-state index contributed by atoms with van der Waals surface area (Å²) in [6.07, 6.45) is 3.29. The second-order valence-corrected chi connectivity index (χ2v) is 6.53. The van der Waals surface area contributed by atoms with Crippen LogP contribution in [0.5, 0.6) is 5.75 Å². The lowest BCUT2D eigenvalue weighted by atomic mass is 9.92. The van der Waals surface area contributed by atoms with Gasteiger partial charge in [0.05, 0.1) is 25.4 Å². The predicted molar refractivity (Wildman–Crippen MR) is 95.3 cm³/mol. The van der Waals surface area contributed by atoms with Crippen LogP contribution >= 0.6 is 0 Å². The molecule has 5 nitrogen and oxygen atoms in total. The lowest BCUT2D eigenvalue weighted by Crippen LogP contribution is -2.32. The summed E-state index contributed by atoms with van der Waals surface area (Å²) >= 11 is 0. The Hall–Kier alpha value is -2.93. The number of epoxide rings is 1. The second kappa shape index (κ2) is 6.35. The molecule has 0 N–H and O–H groups in total. The molecule has 0 bridgehead atoms.